The number of carbonyl (C=O) groups is 1. The first-order valence-corrected chi connectivity index (χ1v) is 8.42. The van der Waals surface area contributed by atoms with Crippen molar-refractivity contribution in [2.24, 2.45) is 0 Å². The van der Waals surface area contributed by atoms with Crippen molar-refractivity contribution in [2.75, 3.05) is 0 Å². The minimum absolute atomic E-state index is 0.0119. The first-order valence-electron chi connectivity index (χ1n) is 8.42. The topological polar surface area (TPSA) is 116 Å². The smallest absolute Gasteiger partial charge is 0.416 e. The second kappa shape index (κ2) is 7.39. The zero-order valence-electron chi connectivity index (χ0n) is 14.9. The summed E-state index contributed by atoms with van der Waals surface area (Å²) in [6, 6.07) is 8.99. The number of hydrogen-bond acceptors (Lipinski definition) is 7. The molecule has 4 aromatic rings. The van der Waals surface area contributed by atoms with Crippen LogP contribution in [0.3, 0.4) is 0 Å². The predicted octanol–water partition coefficient (Wildman–Crippen LogP) is 2.27. The van der Waals surface area contributed by atoms with Crippen LogP contribution in [0.1, 0.15) is 21.7 Å². The summed E-state index contributed by atoms with van der Waals surface area (Å²) in [6.45, 7) is -0.454. The van der Waals surface area contributed by atoms with Gasteiger partial charge in [0.25, 0.3) is 5.56 Å². The number of benzene rings is 2. The SMILES string of the molecule is O=C(OCc1nc2cc(C(F)(F)F)ccc2c(=O)[nH]1)c1ccccc1-n1cnnn1. The third kappa shape index (κ3) is 3.74. The van der Waals surface area contributed by atoms with E-state index in [-0.39, 0.29) is 22.3 Å². The van der Waals surface area contributed by atoms with Gasteiger partial charge in [-0.25, -0.2) is 9.78 Å². The Morgan fingerprint density at radius 1 is 1.17 bits per heavy atom. The van der Waals surface area contributed by atoms with Crippen molar-refractivity contribution in [2.45, 2.75) is 12.8 Å². The van der Waals surface area contributed by atoms with Crippen LogP contribution in [0, 0.1) is 0 Å². The molecular weight excluding hydrogens is 405 g/mol. The van der Waals surface area contributed by atoms with Gasteiger partial charge in [0.15, 0.2) is 0 Å². The van der Waals surface area contributed by atoms with Crippen molar-refractivity contribution in [1.29, 1.82) is 0 Å². The normalized spacial score (nSPS) is 11.6. The van der Waals surface area contributed by atoms with E-state index in [4.69, 9.17) is 4.74 Å². The van der Waals surface area contributed by atoms with Crippen LogP contribution in [0.4, 0.5) is 13.2 Å². The molecule has 152 valence electrons. The van der Waals surface area contributed by atoms with Gasteiger partial charge in [-0.15, -0.1) is 5.10 Å². The van der Waals surface area contributed by atoms with Crippen LogP contribution < -0.4 is 5.56 Å². The lowest BCUT2D eigenvalue weighted by atomic mass is 10.1. The standard InChI is InChI=1S/C18H11F3N6O3/c19-18(20,21)10-5-6-11-13(7-10)23-15(24-16(11)28)8-30-17(29)12-3-1-2-4-14(12)27-9-22-25-26-27/h1-7,9H,8H2,(H,23,24,28). The number of aromatic nitrogens is 6. The number of rotatable bonds is 4. The first-order chi connectivity index (χ1) is 14.3. The lowest BCUT2D eigenvalue weighted by Gasteiger charge is -2.10. The minimum Gasteiger partial charge on any atom is -0.454 e. The quantitative estimate of drug-likeness (QED) is 0.508. The van der Waals surface area contributed by atoms with Crippen molar-refractivity contribution in [1.82, 2.24) is 30.2 Å². The molecule has 0 aliphatic carbocycles. The highest BCUT2D eigenvalue weighted by Gasteiger charge is 2.30. The molecule has 9 nitrogen and oxygen atoms in total. The molecule has 0 unspecified atom stereocenters. The summed E-state index contributed by atoms with van der Waals surface area (Å²) < 4.78 is 45.2. The third-order valence-electron chi connectivity index (χ3n) is 4.14. The molecule has 0 radical (unpaired) electrons. The Morgan fingerprint density at radius 2 is 1.97 bits per heavy atom. The molecule has 0 amide bonds. The van der Waals surface area contributed by atoms with Crippen LogP contribution in [0.5, 0.6) is 0 Å². The summed E-state index contributed by atoms with van der Waals surface area (Å²) in [5, 5.41) is 10.7. The van der Waals surface area contributed by atoms with Gasteiger partial charge in [-0.1, -0.05) is 12.1 Å². The lowest BCUT2D eigenvalue weighted by Crippen LogP contribution is -2.16. The Hall–Kier alpha value is -4.09. The molecular formula is C18H11F3N6O3. The van der Waals surface area contributed by atoms with Gasteiger partial charge in [0, 0.05) is 0 Å². The van der Waals surface area contributed by atoms with E-state index >= 15 is 0 Å². The third-order valence-corrected chi connectivity index (χ3v) is 4.14. The van der Waals surface area contributed by atoms with Crippen LogP contribution in [0.2, 0.25) is 0 Å². The number of para-hydroxylation sites is 1. The molecule has 0 fully saturated rings. The molecule has 30 heavy (non-hydrogen) atoms. The minimum atomic E-state index is -4.58. The molecule has 0 saturated carbocycles. The summed E-state index contributed by atoms with van der Waals surface area (Å²) >= 11 is 0. The summed E-state index contributed by atoms with van der Waals surface area (Å²) in [5.74, 6) is -0.854. The van der Waals surface area contributed by atoms with Crippen LogP contribution in [0.25, 0.3) is 16.6 Å². The van der Waals surface area contributed by atoms with Crippen LogP contribution in [-0.4, -0.2) is 36.1 Å². The van der Waals surface area contributed by atoms with Gasteiger partial charge in [0.05, 0.1) is 27.7 Å². The Bertz CT molecular complexity index is 1280. The van der Waals surface area contributed by atoms with E-state index in [9.17, 15) is 22.8 Å². The molecule has 0 aliphatic rings. The second-order valence-electron chi connectivity index (χ2n) is 6.09. The van der Waals surface area contributed by atoms with Crippen molar-refractivity contribution >= 4 is 16.9 Å². The zero-order valence-corrected chi connectivity index (χ0v) is 14.9. The van der Waals surface area contributed by atoms with E-state index in [1.165, 1.54) is 17.1 Å². The highest BCUT2D eigenvalue weighted by atomic mass is 19.4. The molecule has 0 bridgehead atoms. The fourth-order valence-corrected chi connectivity index (χ4v) is 2.76. The summed E-state index contributed by atoms with van der Waals surface area (Å²) in [5.41, 5.74) is -1.23. The van der Waals surface area contributed by atoms with Crippen molar-refractivity contribution in [3.63, 3.8) is 0 Å². The Labute approximate surface area is 165 Å². The number of nitrogens with one attached hydrogen (secondary N) is 1. The van der Waals surface area contributed by atoms with Gasteiger partial charge in [-0.05, 0) is 40.8 Å². The summed E-state index contributed by atoms with van der Waals surface area (Å²) in [7, 11) is 0. The Morgan fingerprint density at radius 3 is 2.70 bits per heavy atom. The average Bonchev–Trinajstić information content (AvgIpc) is 3.26. The molecule has 0 spiro atoms. The highest BCUT2D eigenvalue weighted by molar-refractivity contribution is 5.93. The van der Waals surface area contributed by atoms with Crippen LogP contribution >= 0.6 is 0 Å². The summed E-state index contributed by atoms with van der Waals surface area (Å²) in [6.07, 6.45) is -3.28. The second-order valence-corrected chi connectivity index (χ2v) is 6.09. The van der Waals surface area contributed by atoms with Gasteiger partial charge in [-0.2, -0.15) is 17.9 Å². The number of carbonyl (C=O) groups excluding carboxylic acids is 1. The van der Waals surface area contributed by atoms with Gasteiger partial charge < -0.3 is 9.72 Å². The molecule has 1 N–H and O–H groups in total. The molecule has 4 rings (SSSR count). The number of H-pyrrole nitrogens is 1. The number of ether oxygens (including phenoxy) is 1. The number of aromatic amines is 1. The van der Waals surface area contributed by atoms with Crippen LogP contribution in [0.15, 0.2) is 53.6 Å². The maximum atomic E-state index is 12.9. The largest absolute Gasteiger partial charge is 0.454 e. The van der Waals surface area contributed by atoms with Crippen molar-refractivity contribution < 1.29 is 22.7 Å². The Kier molecular flexibility index (Phi) is 4.74. The van der Waals surface area contributed by atoms with E-state index in [1.54, 1.807) is 18.2 Å². The van der Waals surface area contributed by atoms with E-state index in [2.05, 4.69) is 25.5 Å². The van der Waals surface area contributed by atoms with Gasteiger partial charge >= 0.3 is 12.1 Å². The molecule has 2 heterocycles. The van der Waals surface area contributed by atoms with E-state index in [1.807, 2.05) is 0 Å². The molecule has 0 atom stereocenters. The number of esters is 1. The number of tetrazole rings is 1. The molecule has 12 heteroatoms. The van der Waals surface area contributed by atoms with E-state index < -0.39 is 29.9 Å². The number of halogens is 3. The Balaban J connectivity index is 1.60. The summed E-state index contributed by atoms with van der Waals surface area (Å²) in [4.78, 5) is 31.0. The van der Waals surface area contributed by atoms with Crippen molar-refractivity contribution in [3.8, 4) is 5.69 Å². The first kappa shape index (κ1) is 19.2. The maximum Gasteiger partial charge on any atom is 0.416 e. The van der Waals surface area contributed by atoms with E-state index in [0.29, 0.717) is 5.69 Å². The molecule has 0 aliphatic heterocycles. The lowest BCUT2D eigenvalue weighted by molar-refractivity contribution is -0.137. The van der Waals surface area contributed by atoms with E-state index in [0.717, 1.165) is 18.2 Å². The fraction of sp³-hybridized carbons (Fsp3) is 0.111. The van der Waals surface area contributed by atoms with Gasteiger partial charge in [-0.3, -0.25) is 4.79 Å². The highest BCUT2D eigenvalue weighted by Crippen LogP contribution is 2.30. The average molecular weight is 416 g/mol. The molecule has 2 aromatic carbocycles. The monoisotopic (exact) mass is 416 g/mol. The number of hydrogen-bond donors (Lipinski definition) is 1. The van der Waals surface area contributed by atoms with Crippen LogP contribution in [-0.2, 0) is 17.5 Å². The fourth-order valence-electron chi connectivity index (χ4n) is 2.76. The zero-order chi connectivity index (χ0) is 21.3. The number of nitrogens with zero attached hydrogens (tertiary/aromatic N) is 5. The van der Waals surface area contributed by atoms with Gasteiger partial charge in [0.2, 0.25) is 0 Å². The number of alkyl halides is 3. The van der Waals surface area contributed by atoms with Crippen molar-refractivity contribution in [3.05, 3.63) is 76.1 Å². The maximum absolute atomic E-state index is 12.9. The number of fused-ring (bicyclic) bond motifs is 1. The molecule has 0 saturated heterocycles. The van der Waals surface area contributed by atoms with Gasteiger partial charge in [0.1, 0.15) is 18.8 Å². The predicted molar refractivity (Wildman–Crippen MR) is 95.6 cm³/mol. The molecule has 2 aromatic heterocycles.